The van der Waals surface area contributed by atoms with Crippen LogP contribution in [-0.2, 0) is 18.0 Å². The number of carbonyl (C=O) groups is 1. The largest absolute Gasteiger partial charge is 0.416 e. The summed E-state index contributed by atoms with van der Waals surface area (Å²) in [6, 6.07) is 6.69. The molecule has 116 valence electrons. The molecule has 0 radical (unpaired) electrons. The molecule has 1 aromatic heterocycles. The molecule has 1 aromatic carbocycles. The summed E-state index contributed by atoms with van der Waals surface area (Å²) >= 11 is 0. The van der Waals surface area contributed by atoms with E-state index < -0.39 is 11.7 Å². The third-order valence-electron chi connectivity index (χ3n) is 3.76. The van der Waals surface area contributed by atoms with Gasteiger partial charge in [-0.25, -0.2) is 0 Å². The molecule has 1 saturated carbocycles. The van der Waals surface area contributed by atoms with Crippen LogP contribution in [0.25, 0.3) is 0 Å². The van der Waals surface area contributed by atoms with Crippen LogP contribution < -0.4 is 5.32 Å². The maximum absolute atomic E-state index is 12.5. The zero-order valence-electron chi connectivity index (χ0n) is 11.8. The lowest BCUT2D eigenvalue weighted by atomic mass is 10.1. The van der Waals surface area contributed by atoms with E-state index in [1.54, 1.807) is 24.0 Å². The summed E-state index contributed by atoms with van der Waals surface area (Å²) in [6.45, 7) is 0. The van der Waals surface area contributed by atoms with Crippen molar-refractivity contribution in [2.45, 2.75) is 18.5 Å². The molecule has 4 nitrogen and oxygen atoms in total. The molecule has 1 amide bonds. The number of carbonyl (C=O) groups excluding carboxylic acids is 1. The average Bonchev–Trinajstić information content (AvgIpc) is 3.16. The molecule has 1 N–H and O–H groups in total. The molecule has 0 spiro atoms. The topological polar surface area (TPSA) is 46.9 Å². The summed E-state index contributed by atoms with van der Waals surface area (Å²) in [6.07, 6.45) is -1.97. The average molecular weight is 309 g/mol. The van der Waals surface area contributed by atoms with Gasteiger partial charge in [-0.05, 0) is 30.0 Å². The number of hydrogen-bond donors (Lipinski definition) is 1. The van der Waals surface area contributed by atoms with Gasteiger partial charge in [0.2, 0.25) is 5.91 Å². The fraction of sp³-hybridized carbons (Fsp3) is 0.333. The van der Waals surface area contributed by atoms with E-state index in [1.165, 1.54) is 12.1 Å². The SMILES string of the molecule is Cn1ccc(NC(=O)C2CC2c2ccc(C(F)(F)F)cc2)n1. The maximum atomic E-state index is 12.5. The summed E-state index contributed by atoms with van der Waals surface area (Å²) in [5.74, 6) is 0.0962. The molecule has 2 atom stereocenters. The normalized spacial score (nSPS) is 20.7. The highest BCUT2D eigenvalue weighted by molar-refractivity contribution is 5.94. The van der Waals surface area contributed by atoms with E-state index in [9.17, 15) is 18.0 Å². The van der Waals surface area contributed by atoms with Gasteiger partial charge < -0.3 is 5.32 Å². The van der Waals surface area contributed by atoms with Crippen molar-refractivity contribution in [1.82, 2.24) is 9.78 Å². The van der Waals surface area contributed by atoms with Crippen LogP contribution in [0.3, 0.4) is 0 Å². The van der Waals surface area contributed by atoms with Crippen LogP contribution in [0.1, 0.15) is 23.5 Å². The Hall–Kier alpha value is -2.31. The Bertz CT molecular complexity index is 691. The Kier molecular flexibility index (Phi) is 3.42. The van der Waals surface area contributed by atoms with E-state index in [-0.39, 0.29) is 17.7 Å². The molecule has 0 bridgehead atoms. The molecule has 0 aliphatic heterocycles. The van der Waals surface area contributed by atoms with Gasteiger partial charge in [0.25, 0.3) is 0 Å². The van der Waals surface area contributed by atoms with Crippen molar-refractivity contribution in [2.24, 2.45) is 13.0 Å². The lowest BCUT2D eigenvalue weighted by Crippen LogP contribution is -2.15. The number of aryl methyl sites for hydroxylation is 1. The van der Waals surface area contributed by atoms with Crippen LogP contribution >= 0.6 is 0 Å². The van der Waals surface area contributed by atoms with Gasteiger partial charge in [-0.3, -0.25) is 9.48 Å². The number of halogens is 3. The van der Waals surface area contributed by atoms with Crippen LogP contribution in [0, 0.1) is 5.92 Å². The lowest BCUT2D eigenvalue weighted by molar-refractivity contribution is -0.137. The third kappa shape index (κ3) is 2.98. The molecular formula is C15H14F3N3O. The summed E-state index contributed by atoms with van der Waals surface area (Å²) in [5.41, 5.74) is 0.0838. The summed E-state index contributed by atoms with van der Waals surface area (Å²) < 4.78 is 39.1. The fourth-order valence-electron chi connectivity index (χ4n) is 2.47. The lowest BCUT2D eigenvalue weighted by Gasteiger charge is -2.07. The maximum Gasteiger partial charge on any atom is 0.416 e. The number of benzene rings is 1. The quantitative estimate of drug-likeness (QED) is 0.946. The Morgan fingerprint density at radius 3 is 2.50 bits per heavy atom. The molecule has 22 heavy (non-hydrogen) atoms. The molecule has 2 unspecified atom stereocenters. The minimum Gasteiger partial charge on any atom is -0.309 e. The van der Waals surface area contributed by atoms with E-state index in [0.717, 1.165) is 17.7 Å². The van der Waals surface area contributed by atoms with Crippen molar-refractivity contribution >= 4 is 11.7 Å². The number of amides is 1. The number of alkyl halides is 3. The summed E-state index contributed by atoms with van der Waals surface area (Å²) in [7, 11) is 1.75. The first-order chi connectivity index (χ1) is 10.3. The van der Waals surface area contributed by atoms with Gasteiger partial charge in [-0.15, -0.1) is 0 Å². The van der Waals surface area contributed by atoms with E-state index >= 15 is 0 Å². The van der Waals surface area contributed by atoms with E-state index in [1.807, 2.05) is 0 Å². The van der Waals surface area contributed by atoms with E-state index in [4.69, 9.17) is 0 Å². The standard InChI is InChI=1S/C15H14F3N3O/c1-21-7-6-13(20-21)19-14(22)12-8-11(12)9-2-4-10(5-3-9)15(16,17)18/h2-7,11-12H,8H2,1H3,(H,19,20,22). The Morgan fingerprint density at radius 1 is 1.27 bits per heavy atom. The second-order valence-electron chi connectivity index (χ2n) is 5.43. The first kappa shape index (κ1) is 14.6. The van der Waals surface area contributed by atoms with Crippen LogP contribution in [0.4, 0.5) is 19.0 Å². The first-order valence-electron chi connectivity index (χ1n) is 6.82. The molecular weight excluding hydrogens is 295 g/mol. The molecule has 7 heteroatoms. The minimum absolute atomic E-state index is 0.0222. The van der Waals surface area contributed by atoms with Crippen LogP contribution in [-0.4, -0.2) is 15.7 Å². The van der Waals surface area contributed by atoms with Gasteiger partial charge >= 0.3 is 6.18 Å². The number of anilines is 1. The molecule has 1 aliphatic rings. The second-order valence-corrected chi connectivity index (χ2v) is 5.43. The van der Waals surface area contributed by atoms with Crippen molar-refractivity contribution in [2.75, 3.05) is 5.32 Å². The highest BCUT2D eigenvalue weighted by Crippen LogP contribution is 2.48. The third-order valence-corrected chi connectivity index (χ3v) is 3.76. The van der Waals surface area contributed by atoms with Crippen molar-refractivity contribution in [3.05, 3.63) is 47.7 Å². The summed E-state index contributed by atoms with van der Waals surface area (Å²) in [4.78, 5) is 12.1. The molecule has 3 rings (SSSR count). The van der Waals surface area contributed by atoms with Gasteiger partial charge in [-0.2, -0.15) is 18.3 Å². The molecule has 1 fully saturated rings. The fourth-order valence-corrected chi connectivity index (χ4v) is 2.47. The van der Waals surface area contributed by atoms with Crippen LogP contribution in [0.15, 0.2) is 36.5 Å². The van der Waals surface area contributed by atoms with Crippen LogP contribution in [0.2, 0.25) is 0 Å². The smallest absolute Gasteiger partial charge is 0.309 e. The summed E-state index contributed by atoms with van der Waals surface area (Å²) in [5, 5.41) is 6.77. The Labute approximate surface area is 124 Å². The highest BCUT2D eigenvalue weighted by atomic mass is 19.4. The Balaban J connectivity index is 1.63. The second kappa shape index (κ2) is 5.15. The molecule has 1 aliphatic carbocycles. The van der Waals surface area contributed by atoms with Gasteiger partial charge in [0.15, 0.2) is 5.82 Å². The monoisotopic (exact) mass is 309 g/mol. The predicted octanol–water partition coefficient (Wildman–Crippen LogP) is 3.18. The number of nitrogens with zero attached hydrogens (tertiary/aromatic N) is 2. The number of hydrogen-bond acceptors (Lipinski definition) is 2. The van der Waals surface area contributed by atoms with Crippen molar-refractivity contribution in [3.63, 3.8) is 0 Å². The molecule has 1 heterocycles. The van der Waals surface area contributed by atoms with Gasteiger partial charge in [0, 0.05) is 25.2 Å². The van der Waals surface area contributed by atoms with E-state index in [0.29, 0.717) is 12.2 Å². The minimum atomic E-state index is -4.34. The highest BCUT2D eigenvalue weighted by Gasteiger charge is 2.44. The Morgan fingerprint density at radius 2 is 1.95 bits per heavy atom. The van der Waals surface area contributed by atoms with Gasteiger partial charge in [-0.1, -0.05) is 12.1 Å². The van der Waals surface area contributed by atoms with Gasteiger partial charge in [0.1, 0.15) is 0 Å². The van der Waals surface area contributed by atoms with Crippen molar-refractivity contribution < 1.29 is 18.0 Å². The molecule has 0 saturated heterocycles. The van der Waals surface area contributed by atoms with Crippen LogP contribution in [0.5, 0.6) is 0 Å². The predicted molar refractivity (Wildman–Crippen MR) is 74.1 cm³/mol. The zero-order valence-corrected chi connectivity index (χ0v) is 11.8. The van der Waals surface area contributed by atoms with E-state index in [2.05, 4.69) is 10.4 Å². The number of rotatable bonds is 3. The molecule has 2 aromatic rings. The van der Waals surface area contributed by atoms with Crippen molar-refractivity contribution in [1.29, 1.82) is 0 Å². The first-order valence-corrected chi connectivity index (χ1v) is 6.82. The van der Waals surface area contributed by atoms with Gasteiger partial charge in [0.05, 0.1) is 5.56 Å². The van der Waals surface area contributed by atoms with Crippen molar-refractivity contribution in [3.8, 4) is 0 Å². The zero-order chi connectivity index (χ0) is 15.9. The number of aromatic nitrogens is 2. The number of nitrogens with one attached hydrogen (secondary N) is 1.